The number of amides is 1. The maximum absolute atomic E-state index is 14.6. The van der Waals surface area contributed by atoms with E-state index in [-0.39, 0.29) is 34.0 Å². The van der Waals surface area contributed by atoms with E-state index in [1.54, 1.807) is 26.0 Å². The number of fused-ring (bicyclic) bond motifs is 1. The van der Waals surface area contributed by atoms with E-state index in [4.69, 9.17) is 11.5 Å². The Hall–Kier alpha value is -3.16. The summed E-state index contributed by atoms with van der Waals surface area (Å²) in [6.07, 6.45) is 0. The Balaban J connectivity index is 2.53. The summed E-state index contributed by atoms with van der Waals surface area (Å²) in [5.74, 6) is -0.668. The molecule has 0 saturated carbocycles. The van der Waals surface area contributed by atoms with Gasteiger partial charge in [-0.3, -0.25) is 9.36 Å². The largest absolute Gasteiger partial charge is 0.508 e. The third-order valence-corrected chi connectivity index (χ3v) is 4.63. The molecule has 0 atom stereocenters. The molecule has 27 heavy (non-hydrogen) atoms. The summed E-state index contributed by atoms with van der Waals surface area (Å²) < 4.78 is 16.1. The smallest absolute Gasteiger partial charge is 0.254 e. The van der Waals surface area contributed by atoms with Crippen LogP contribution >= 0.6 is 0 Å². The number of hydrogen-bond acceptors (Lipinski definition) is 5. The van der Waals surface area contributed by atoms with Gasteiger partial charge in [0.15, 0.2) is 5.65 Å². The van der Waals surface area contributed by atoms with Crippen LogP contribution in [0.2, 0.25) is 0 Å². The normalized spacial score (nSPS) is 11.9. The number of aromatic hydroxyl groups is 1. The molecule has 3 rings (SSSR count). The van der Waals surface area contributed by atoms with E-state index in [1.807, 2.05) is 6.92 Å². The number of alkyl halides is 1. The fourth-order valence-electron chi connectivity index (χ4n) is 3.38. The van der Waals surface area contributed by atoms with Gasteiger partial charge in [0.2, 0.25) is 0 Å². The molecule has 0 aliphatic rings. The lowest BCUT2D eigenvalue weighted by Gasteiger charge is -2.17. The number of nitrogens with two attached hydrogens (primary N) is 2. The quantitative estimate of drug-likeness (QED) is 0.654. The first-order valence-electron chi connectivity index (χ1n) is 8.42. The van der Waals surface area contributed by atoms with Crippen molar-refractivity contribution in [1.82, 2.24) is 14.5 Å². The van der Waals surface area contributed by atoms with E-state index in [9.17, 15) is 14.3 Å². The highest BCUT2D eigenvalue weighted by molar-refractivity contribution is 6.09. The number of aryl methyl sites for hydroxylation is 2. The fraction of sp³-hybridized carbons (Fsp3) is 0.316. The Morgan fingerprint density at radius 3 is 2.41 bits per heavy atom. The number of nitrogen functional groups attached to an aromatic ring is 1. The van der Waals surface area contributed by atoms with Gasteiger partial charge >= 0.3 is 0 Å². The number of benzene rings is 1. The van der Waals surface area contributed by atoms with Gasteiger partial charge in [0, 0.05) is 5.56 Å². The second-order valence-corrected chi connectivity index (χ2v) is 7.14. The predicted octanol–water partition coefficient (Wildman–Crippen LogP) is 2.94. The lowest BCUT2D eigenvalue weighted by atomic mass is 10.0. The van der Waals surface area contributed by atoms with Crippen molar-refractivity contribution in [2.45, 2.75) is 40.3 Å². The van der Waals surface area contributed by atoms with Gasteiger partial charge in [-0.25, -0.2) is 14.4 Å². The van der Waals surface area contributed by atoms with Gasteiger partial charge in [-0.05, 0) is 46.2 Å². The highest BCUT2D eigenvalue weighted by Crippen LogP contribution is 2.36. The number of hydrogen-bond donors (Lipinski definition) is 3. The monoisotopic (exact) mass is 371 g/mol. The average molecular weight is 371 g/mol. The predicted molar refractivity (Wildman–Crippen MR) is 102 cm³/mol. The lowest BCUT2D eigenvalue weighted by molar-refractivity contribution is 0.100. The minimum Gasteiger partial charge on any atom is -0.508 e. The van der Waals surface area contributed by atoms with Crippen molar-refractivity contribution in [2.75, 3.05) is 5.73 Å². The van der Waals surface area contributed by atoms with Gasteiger partial charge in [0.05, 0.1) is 17.1 Å². The molecule has 2 heterocycles. The summed E-state index contributed by atoms with van der Waals surface area (Å²) in [4.78, 5) is 20.9. The lowest BCUT2D eigenvalue weighted by Crippen LogP contribution is -2.17. The van der Waals surface area contributed by atoms with Crippen molar-refractivity contribution in [3.8, 4) is 11.4 Å². The van der Waals surface area contributed by atoms with Crippen molar-refractivity contribution < 1.29 is 14.3 Å². The Morgan fingerprint density at radius 2 is 1.85 bits per heavy atom. The van der Waals surface area contributed by atoms with E-state index in [0.717, 1.165) is 5.56 Å². The molecule has 1 amide bonds. The number of aromatic nitrogens is 3. The minimum absolute atomic E-state index is 0.0230. The summed E-state index contributed by atoms with van der Waals surface area (Å²) >= 11 is 0. The average Bonchev–Trinajstić information content (AvgIpc) is 2.82. The minimum atomic E-state index is -1.76. The molecule has 7 nitrogen and oxygen atoms in total. The van der Waals surface area contributed by atoms with Gasteiger partial charge in [-0.2, -0.15) is 0 Å². The number of carbonyl (C=O) groups excluding carboxylic acids is 1. The van der Waals surface area contributed by atoms with Crippen LogP contribution < -0.4 is 11.5 Å². The molecule has 1 aromatic carbocycles. The Labute approximate surface area is 155 Å². The number of anilines is 1. The molecule has 3 aromatic rings. The van der Waals surface area contributed by atoms with Gasteiger partial charge < -0.3 is 16.6 Å². The summed E-state index contributed by atoms with van der Waals surface area (Å²) in [5.41, 5.74) is 12.8. The Morgan fingerprint density at radius 1 is 1.22 bits per heavy atom. The van der Waals surface area contributed by atoms with E-state index >= 15 is 0 Å². The third-order valence-electron chi connectivity index (χ3n) is 4.63. The molecule has 0 fully saturated rings. The maximum atomic E-state index is 14.6. The van der Waals surface area contributed by atoms with Crippen LogP contribution in [-0.2, 0) is 5.67 Å². The van der Waals surface area contributed by atoms with Crippen LogP contribution in [0, 0.1) is 20.8 Å². The number of primary amides is 1. The molecule has 142 valence electrons. The topological polar surface area (TPSA) is 120 Å². The third kappa shape index (κ3) is 2.77. The van der Waals surface area contributed by atoms with Crippen LogP contribution in [0.4, 0.5) is 10.2 Å². The summed E-state index contributed by atoms with van der Waals surface area (Å²) in [6.45, 7) is 7.94. The molecule has 8 heteroatoms. The number of nitrogens with zero attached hydrogens (tertiary/aromatic N) is 3. The zero-order valence-electron chi connectivity index (χ0n) is 15.9. The molecular weight excluding hydrogens is 349 g/mol. The van der Waals surface area contributed by atoms with Crippen LogP contribution in [0.1, 0.15) is 46.7 Å². The first kappa shape index (κ1) is 18.6. The molecule has 0 bridgehead atoms. The van der Waals surface area contributed by atoms with Crippen molar-refractivity contribution in [3.05, 3.63) is 40.2 Å². The van der Waals surface area contributed by atoms with Crippen molar-refractivity contribution in [2.24, 2.45) is 5.73 Å². The maximum Gasteiger partial charge on any atom is 0.254 e. The van der Waals surface area contributed by atoms with E-state index < -0.39 is 11.6 Å². The van der Waals surface area contributed by atoms with Crippen molar-refractivity contribution in [3.63, 3.8) is 0 Å². The SMILES string of the molecule is Cc1ccc(O)c(C)c1-n1c(N)c(C(N)=O)c2nc(C(C)(C)F)c(C)nc21. The van der Waals surface area contributed by atoms with Crippen molar-refractivity contribution >= 4 is 22.9 Å². The molecule has 0 saturated heterocycles. The number of carbonyl (C=O) groups is 1. The van der Waals surface area contributed by atoms with Crippen LogP contribution in [0.3, 0.4) is 0 Å². The van der Waals surface area contributed by atoms with E-state index in [0.29, 0.717) is 16.9 Å². The molecule has 0 spiro atoms. The highest BCUT2D eigenvalue weighted by atomic mass is 19.1. The molecule has 0 radical (unpaired) electrons. The molecule has 0 aliphatic heterocycles. The summed E-state index contributed by atoms with van der Waals surface area (Å²) in [7, 11) is 0. The second kappa shape index (κ2) is 5.94. The van der Waals surface area contributed by atoms with Crippen LogP contribution in [0.5, 0.6) is 5.75 Å². The van der Waals surface area contributed by atoms with Crippen molar-refractivity contribution in [1.29, 1.82) is 0 Å². The van der Waals surface area contributed by atoms with Gasteiger partial charge in [0.1, 0.15) is 28.3 Å². The first-order valence-corrected chi connectivity index (χ1v) is 8.42. The Bertz CT molecular complexity index is 1100. The molecule has 0 aliphatic carbocycles. The fourth-order valence-corrected chi connectivity index (χ4v) is 3.38. The molecule has 2 aromatic heterocycles. The van der Waals surface area contributed by atoms with Gasteiger partial charge in [0.25, 0.3) is 5.91 Å². The second-order valence-electron chi connectivity index (χ2n) is 7.14. The summed E-state index contributed by atoms with van der Waals surface area (Å²) in [6, 6.07) is 3.30. The number of phenolic OH excluding ortho intramolecular Hbond substituents is 1. The number of halogens is 1. The van der Waals surface area contributed by atoms with Gasteiger partial charge in [-0.15, -0.1) is 0 Å². The van der Waals surface area contributed by atoms with Crippen LogP contribution in [0.15, 0.2) is 12.1 Å². The first-order chi connectivity index (χ1) is 12.4. The molecule has 0 unspecified atom stereocenters. The highest BCUT2D eigenvalue weighted by Gasteiger charge is 2.30. The van der Waals surface area contributed by atoms with Gasteiger partial charge in [-0.1, -0.05) is 6.07 Å². The summed E-state index contributed by atoms with van der Waals surface area (Å²) in [5, 5.41) is 10.1. The standard InChI is InChI=1S/C19H22FN5O2/c1-8-6-7-11(26)9(2)14(8)25-16(21)12(17(22)27)13-18(25)23-10(3)15(24-13)19(4,5)20/h6-7,26H,21H2,1-5H3,(H2,22,27). The molecule has 5 N–H and O–H groups in total. The van der Waals surface area contributed by atoms with Crippen LogP contribution in [0.25, 0.3) is 16.9 Å². The van der Waals surface area contributed by atoms with Crippen LogP contribution in [-0.4, -0.2) is 25.5 Å². The number of rotatable bonds is 3. The van der Waals surface area contributed by atoms with E-state index in [2.05, 4.69) is 9.97 Å². The zero-order valence-corrected chi connectivity index (χ0v) is 15.9. The zero-order chi connectivity index (χ0) is 20.3. The number of phenols is 1. The molecular formula is C19H22FN5O2. The van der Waals surface area contributed by atoms with E-state index in [1.165, 1.54) is 18.4 Å². The Kier molecular flexibility index (Phi) is 4.09.